The van der Waals surface area contributed by atoms with Gasteiger partial charge in [0.15, 0.2) is 11.5 Å². The highest BCUT2D eigenvalue weighted by Crippen LogP contribution is 2.48. The number of rotatable bonds is 1. The minimum Gasteiger partial charge on any atom is -0.493 e. The minimum atomic E-state index is -0.393. The maximum atomic E-state index is 12.8. The summed E-state index contributed by atoms with van der Waals surface area (Å²) in [6.07, 6.45) is 0. The van der Waals surface area contributed by atoms with Crippen molar-refractivity contribution in [3.05, 3.63) is 50.2 Å². The van der Waals surface area contributed by atoms with Gasteiger partial charge in [-0.1, -0.05) is 12.1 Å². The number of nitrogens with zero attached hydrogens (tertiary/aromatic N) is 2. The van der Waals surface area contributed by atoms with Gasteiger partial charge in [-0.05, 0) is 6.07 Å². The Morgan fingerprint density at radius 2 is 1.88 bits per heavy atom. The molecule has 7 nitrogen and oxygen atoms in total. The van der Waals surface area contributed by atoms with E-state index in [2.05, 4.69) is 0 Å². The van der Waals surface area contributed by atoms with Gasteiger partial charge in [-0.25, -0.2) is 4.79 Å². The van der Waals surface area contributed by atoms with E-state index in [1.54, 1.807) is 14.2 Å². The van der Waals surface area contributed by atoms with Gasteiger partial charge in [0.1, 0.15) is 0 Å². The summed E-state index contributed by atoms with van der Waals surface area (Å²) in [7, 11) is 4.69. The molecule has 7 heteroatoms. The lowest BCUT2D eigenvalue weighted by molar-refractivity contribution is 0.113. The lowest BCUT2D eigenvalue weighted by atomic mass is 9.78. The van der Waals surface area contributed by atoms with Crippen molar-refractivity contribution in [1.29, 1.82) is 0 Å². The van der Waals surface area contributed by atoms with E-state index < -0.39 is 5.69 Å². The van der Waals surface area contributed by atoms with Gasteiger partial charge in [0.25, 0.3) is 5.56 Å². The third-order valence-electron chi connectivity index (χ3n) is 4.87. The van der Waals surface area contributed by atoms with Crippen molar-refractivity contribution in [3.8, 4) is 17.4 Å². The first-order chi connectivity index (χ1) is 11.5. The summed E-state index contributed by atoms with van der Waals surface area (Å²) in [5.74, 6) is 1.48. The summed E-state index contributed by atoms with van der Waals surface area (Å²) >= 11 is 0. The minimum absolute atomic E-state index is 0.0160. The average molecular weight is 330 g/mol. The molecule has 126 valence electrons. The Hall–Kier alpha value is -2.70. The van der Waals surface area contributed by atoms with E-state index in [4.69, 9.17) is 14.2 Å². The SMILES string of the molecule is COc1cccc2c1OC[C@H]1COc3c(c(=O)n(C)c(=O)n3C)[C@@H]21. The Labute approximate surface area is 138 Å². The molecule has 0 saturated heterocycles. The van der Waals surface area contributed by atoms with Crippen LogP contribution < -0.4 is 25.5 Å². The fourth-order valence-corrected chi connectivity index (χ4v) is 3.65. The second-order valence-electron chi connectivity index (χ2n) is 6.16. The maximum absolute atomic E-state index is 12.8. The molecule has 2 aliphatic heterocycles. The van der Waals surface area contributed by atoms with Crippen LogP contribution in [0, 0.1) is 5.92 Å². The Bertz CT molecular complexity index is 943. The highest BCUT2D eigenvalue weighted by atomic mass is 16.5. The van der Waals surface area contributed by atoms with Crippen molar-refractivity contribution < 1.29 is 14.2 Å². The van der Waals surface area contributed by atoms with Gasteiger partial charge in [-0.15, -0.1) is 0 Å². The fraction of sp³-hybridized carbons (Fsp3) is 0.412. The molecule has 3 heterocycles. The molecule has 0 unspecified atom stereocenters. The predicted octanol–water partition coefficient (Wildman–Crippen LogP) is 0.625. The molecule has 0 amide bonds. The molecule has 2 aromatic rings. The Kier molecular flexibility index (Phi) is 3.19. The van der Waals surface area contributed by atoms with E-state index in [1.807, 2.05) is 18.2 Å². The lowest BCUT2D eigenvalue weighted by Gasteiger charge is -2.38. The first kappa shape index (κ1) is 14.9. The van der Waals surface area contributed by atoms with E-state index in [-0.39, 0.29) is 17.4 Å². The number of aromatic nitrogens is 2. The third kappa shape index (κ3) is 1.84. The topological polar surface area (TPSA) is 71.7 Å². The summed E-state index contributed by atoms with van der Waals surface area (Å²) < 4.78 is 19.5. The molecule has 1 aromatic carbocycles. The summed E-state index contributed by atoms with van der Waals surface area (Å²) in [5, 5.41) is 0. The Balaban J connectivity index is 2.03. The van der Waals surface area contributed by atoms with Crippen molar-refractivity contribution in [2.45, 2.75) is 5.92 Å². The molecule has 0 spiro atoms. The molecule has 1 aromatic heterocycles. The van der Waals surface area contributed by atoms with Crippen LogP contribution in [0.25, 0.3) is 0 Å². The largest absolute Gasteiger partial charge is 0.493 e. The van der Waals surface area contributed by atoms with Crippen LogP contribution in [0.5, 0.6) is 17.4 Å². The molecule has 2 atom stereocenters. The second-order valence-corrected chi connectivity index (χ2v) is 6.16. The zero-order valence-corrected chi connectivity index (χ0v) is 13.7. The monoisotopic (exact) mass is 330 g/mol. The molecular formula is C17H18N2O5. The van der Waals surface area contributed by atoms with Gasteiger partial charge in [0.2, 0.25) is 5.88 Å². The van der Waals surface area contributed by atoms with Gasteiger partial charge >= 0.3 is 5.69 Å². The molecule has 24 heavy (non-hydrogen) atoms. The Morgan fingerprint density at radius 1 is 1.12 bits per heavy atom. The number of ether oxygens (including phenoxy) is 3. The van der Waals surface area contributed by atoms with E-state index in [9.17, 15) is 9.59 Å². The maximum Gasteiger partial charge on any atom is 0.333 e. The molecular weight excluding hydrogens is 312 g/mol. The van der Waals surface area contributed by atoms with E-state index in [0.29, 0.717) is 36.2 Å². The summed E-state index contributed by atoms with van der Waals surface area (Å²) in [4.78, 5) is 25.0. The zero-order valence-electron chi connectivity index (χ0n) is 13.7. The number of benzene rings is 1. The molecule has 2 aliphatic rings. The van der Waals surface area contributed by atoms with Gasteiger partial charge in [0, 0.05) is 31.5 Å². The van der Waals surface area contributed by atoms with Crippen molar-refractivity contribution >= 4 is 0 Å². The van der Waals surface area contributed by atoms with Gasteiger partial charge in [-0.2, -0.15) is 0 Å². The number of hydrogen-bond acceptors (Lipinski definition) is 5. The second kappa shape index (κ2) is 5.15. The van der Waals surface area contributed by atoms with Crippen LogP contribution in [0.3, 0.4) is 0 Å². The average Bonchev–Trinajstić information content (AvgIpc) is 2.62. The van der Waals surface area contributed by atoms with Crippen LogP contribution in [0.2, 0.25) is 0 Å². The number of methoxy groups -OCH3 is 1. The van der Waals surface area contributed by atoms with E-state index in [1.165, 1.54) is 11.6 Å². The van der Waals surface area contributed by atoms with Crippen LogP contribution in [0.1, 0.15) is 17.0 Å². The molecule has 0 radical (unpaired) electrons. The van der Waals surface area contributed by atoms with Crippen LogP contribution in [-0.4, -0.2) is 29.5 Å². The first-order valence-corrected chi connectivity index (χ1v) is 7.77. The van der Waals surface area contributed by atoms with Crippen molar-refractivity contribution in [2.75, 3.05) is 20.3 Å². The molecule has 0 aliphatic carbocycles. The highest BCUT2D eigenvalue weighted by Gasteiger charge is 2.42. The quantitative estimate of drug-likeness (QED) is 0.767. The zero-order chi connectivity index (χ0) is 17.0. The third-order valence-corrected chi connectivity index (χ3v) is 4.87. The molecule has 0 N–H and O–H groups in total. The molecule has 0 bridgehead atoms. The number of fused-ring (bicyclic) bond motifs is 5. The van der Waals surface area contributed by atoms with E-state index in [0.717, 1.165) is 10.1 Å². The van der Waals surface area contributed by atoms with Crippen LogP contribution >= 0.6 is 0 Å². The molecule has 4 rings (SSSR count). The van der Waals surface area contributed by atoms with Gasteiger partial charge < -0.3 is 14.2 Å². The Morgan fingerprint density at radius 3 is 2.62 bits per heavy atom. The predicted molar refractivity (Wildman–Crippen MR) is 86.2 cm³/mol. The van der Waals surface area contributed by atoms with Gasteiger partial charge in [-0.3, -0.25) is 13.9 Å². The molecule has 0 fully saturated rings. The van der Waals surface area contributed by atoms with Crippen molar-refractivity contribution in [3.63, 3.8) is 0 Å². The lowest BCUT2D eigenvalue weighted by Crippen LogP contribution is -2.46. The number of hydrogen-bond donors (Lipinski definition) is 0. The first-order valence-electron chi connectivity index (χ1n) is 7.77. The standard InChI is InChI=1S/C17H18N2O5/c1-18-15(20)13-12-9(8-24-16(13)19(2)17(18)21)7-23-14-10(12)5-4-6-11(14)22-3/h4-6,9,12H,7-8H2,1-3H3/t9-,12+/m0/s1. The highest BCUT2D eigenvalue weighted by molar-refractivity contribution is 5.54. The number of para-hydroxylation sites is 1. The summed E-state index contributed by atoms with van der Waals surface area (Å²) in [6, 6.07) is 5.65. The molecule has 0 saturated carbocycles. The van der Waals surface area contributed by atoms with Crippen LogP contribution in [0.15, 0.2) is 27.8 Å². The van der Waals surface area contributed by atoms with Crippen molar-refractivity contribution in [1.82, 2.24) is 9.13 Å². The van der Waals surface area contributed by atoms with E-state index >= 15 is 0 Å². The summed E-state index contributed by atoms with van der Waals surface area (Å²) in [6.45, 7) is 0.832. The van der Waals surface area contributed by atoms with Crippen LogP contribution in [-0.2, 0) is 14.1 Å². The summed E-state index contributed by atoms with van der Waals surface area (Å²) in [5.41, 5.74) is 0.688. The van der Waals surface area contributed by atoms with Crippen molar-refractivity contribution in [2.24, 2.45) is 20.0 Å². The fourth-order valence-electron chi connectivity index (χ4n) is 3.65. The normalized spacial score (nSPS) is 21.0. The van der Waals surface area contributed by atoms with Crippen LogP contribution in [0.4, 0.5) is 0 Å². The smallest absolute Gasteiger partial charge is 0.333 e. The van der Waals surface area contributed by atoms with Gasteiger partial charge in [0.05, 0.1) is 25.9 Å².